The van der Waals surface area contributed by atoms with Crippen LogP contribution in [0.2, 0.25) is 0 Å². The van der Waals surface area contributed by atoms with Crippen LogP contribution in [-0.4, -0.2) is 18.2 Å². The maximum absolute atomic E-state index is 6.34. The standard InChI is InChI=1S/C14H18N2O/c1-3-17-10-14(2,15)13-6-4-5-11-9-16-8-7-12(11)13/h4-9H,3,10,15H2,1-2H3. The largest absolute Gasteiger partial charge is 0.379 e. The van der Waals surface area contributed by atoms with Gasteiger partial charge < -0.3 is 10.5 Å². The Morgan fingerprint density at radius 2 is 2.18 bits per heavy atom. The summed E-state index contributed by atoms with van der Waals surface area (Å²) in [6.07, 6.45) is 3.65. The average Bonchev–Trinajstić information content (AvgIpc) is 2.36. The number of aromatic nitrogens is 1. The first-order chi connectivity index (χ1) is 8.15. The number of nitrogens with two attached hydrogens (primary N) is 1. The smallest absolute Gasteiger partial charge is 0.0685 e. The van der Waals surface area contributed by atoms with E-state index in [0.29, 0.717) is 13.2 Å². The number of fused-ring (bicyclic) bond motifs is 1. The van der Waals surface area contributed by atoms with E-state index in [0.717, 1.165) is 16.3 Å². The molecule has 2 N–H and O–H groups in total. The van der Waals surface area contributed by atoms with Gasteiger partial charge >= 0.3 is 0 Å². The predicted octanol–water partition coefficient (Wildman–Crippen LogP) is 2.45. The molecule has 0 aliphatic carbocycles. The molecular weight excluding hydrogens is 212 g/mol. The summed E-state index contributed by atoms with van der Waals surface area (Å²) >= 11 is 0. The van der Waals surface area contributed by atoms with Gasteiger partial charge in [-0.3, -0.25) is 4.98 Å². The highest BCUT2D eigenvalue weighted by Gasteiger charge is 2.23. The summed E-state index contributed by atoms with van der Waals surface area (Å²) < 4.78 is 5.46. The number of pyridine rings is 1. The van der Waals surface area contributed by atoms with Gasteiger partial charge in [-0.2, -0.15) is 0 Å². The van der Waals surface area contributed by atoms with Gasteiger partial charge in [0.2, 0.25) is 0 Å². The Bertz CT molecular complexity index is 503. The zero-order valence-corrected chi connectivity index (χ0v) is 10.3. The molecular formula is C14H18N2O. The molecule has 0 aliphatic rings. The fourth-order valence-corrected chi connectivity index (χ4v) is 2.01. The van der Waals surface area contributed by atoms with Gasteiger partial charge in [0.1, 0.15) is 0 Å². The molecule has 1 aromatic carbocycles. The molecule has 0 saturated carbocycles. The van der Waals surface area contributed by atoms with E-state index >= 15 is 0 Å². The van der Waals surface area contributed by atoms with Crippen LogP contribution in [0.1, 0.15) is 19.4 Å². The van der Waals surface area contributed by atoms with Crippen LogP contribution in [0.5, 0.6) is 0 Å². The van der Waals surface area contributed by atoms with Gasteiger partial charge in [0.15, 0.2) is 0 Å². The molecule has 1 heterocycles. The maximum Gasteiger partial charge on any atom is 0.0685 e. The molecule has 17 heavy (non-hydrogen) atoms. The summed E-state index contributed by atoms with van der Waals surface area (Å²) in [5.74, 6) is 0. The highest BCUT2D eigenvalue weighted by atomic mass is 16.5. The minimum absolute atomic E-state index is 0.475. The van der Waals surface area contributed by atoms with E-state index in [2.05, 4.69) is 11.1 Å². The van der Waals surface area contributed by atoms with Crippen molar-refractivity contribution in [3.8, 4) is 0 Å². The quantitative estimate of drug-likeness (QED) is 0.877. The monoisotopic (exact) mass is 230 g/mol. The summed E-state index contributed by atoms with van der Waals surface area (Å²) in [6.45, 7) is 5.17. The third-order valence-electron chi connectivity index (χ3n) is 2.90. The lowest BCUT2D eigenvalue weighted by molar-refractivity contribution is 0.101. The Kier molecular flexibility index (Phi) is 3.41. The number of benzene rings is 1. The first kappa shape index (κ1) is 12.0. The van der Waals surface area contributed by atoms with Crippen LogP contribution >= 0.6 is 0 Å². The molecule has 0 aliphatic heterocycles. The maximum atomic E-state index is 6.34. The van der Waals surface area contributed by atoms with E-state index in [1.54, 1.807) is 6.20 Å². The van der Waals surface area contributed by atoms with E-state index in [4.69, 9.17) is 10.5 Å². The molecule has 0 saturated heterocycles. The topological polar surface area (TPSA) is 48.1 Å². The molecule has 3 heteroatoms. The van der Waals surface area contributed by atoms with Crippen LogP contribution in [0.15, 0.2) is 36.7 Å². The van der Waals surface area contributed by atoms with E-state index < -0.39 is 5.54 Å². The van der Waals surface area contributed by atoms with E-state index in [-0.39, 0.29) is 0 Å². The molecule has 0 spiro atoms. The van der Waals surface area contributed by atoms with E-state index in [1.165, 1.54) is 0 Å². The lowest BCUT2D eigenvalue weighted by atomic mass is 9.90. The lowest BCUT2D eigenvalue weighted by Gasteiger charge is -2.26. The van der Waals surface area contributed by atoms with Crippen LogP contribution in [0, 0.1) is 0 Å². The van der Waals surface area contributed by atoms with Crippen molar-refractivity contribution in [2.45, 2.75) is 19.4 Å². The highest BCUT2D eigenvalue weighted by Crippen LogP contribution is 2.26. The van der Waals surface area contributed by atoms with Crippen molar-refractivity contribution < 1.29 is 4.74 Å². The first-order valence-electron chi connectivity index (χ1n) is 5.85. The minimum Gasteiger partial charge on any atom is -0.379 e. The summed E-state index contributed by atoms with van der Waals surface area (Å²) in [5.41, 5.74) is 6.97. The van der Waals surface area contributed by atoms with Crippen molar-refractivity contribution in [2.75, 3.05) is 13.2 Å². The summed E-state index contributed by atoms with van der Waals surface area (Å²) in [6, 6.07) is 8.11. The predicted molar refractivity (Wildman–Crippen MR) is 69.8 cm³/mol. The van der Waals surface area contributed by atoms with Crippen molar-refractivity contribution in [1.29, 1.82) is 0 Å². The molecule has 1 unspecified atom stereocenters. The Hall–Kier alpha value is -1.45. The third kappa shape index (κ3) is 2.46. The zero-order chi connectivity index (χ0) is 12.3. The van der Waals surface area contributed by atoms with Gasteiger partial charge in [0, 0.05) is 24.4 Å². The first-order valence-corrected chi connectivity index (χ1v) is 5.85. The molecule has 0 radical (unpaired) electrons. The average molecular weight is 230 g/mol. The molecule has 0 fully saturated rings. The molecule has 0 bridgehead atoms. The normalized spacial score (nSPS) is 14.8. The summed E-state index contributed by atoms with van der Waals surface area (Å²) in [7, 11) is 0. The number of ether oxygens (including phenoxy) is 1. The molecule has 1 atom stereocenters. The second-order valence-electron chi connectivity index (χ2n) is 4.46. The van der Waals surface area contributed by atoms with Crippen molar-refractivity contribution in [2.24, 2.45) is 5.73 Å². The SMILES string of the molecule is CCOCC(C)(N)c1cccc2cnccc12. The molecule has 90 valence electrons. The summed E-state index contributed by atoms with van der Waals surface area (Å²) in [4.78, 5) is 4.13. The molecule has 1 aromatic heterocycles. The van der Waals surface area contributed by atoms with Gasteiger partial charge in [-0.25, -0.2) is 0 Å². The zero-order valence-electron chi connectivity index (χ0n) is 10.3. The number of rotatable bonds is 4. The minimum atomic E-state index is -0.475. The van der Waals surface area contributed by atoms with E-state index in [9.17, 15) is 0 Å². The summed E-state index contributed by atoms with van der Waals surface area (Å²) in [5, 5.41) is 2.25. The third-order valence-corrected chi connectivity index (χ3v) is 2.90. The fourth-order valence-electron chi connectivity index (χ4n) is 2.01. The van der Waals surface area contributed by atoms with Gasteiger partial charge in [-0.05, 0) is 30.9 Å². The van der Waals surface area contributed by atoms with E-state index in [1.807, 2.05) is 38.2 Å². The molecule has 0 amide bonds. The Morgan fingerprint density at radius 1 is 1.35 bits per heavy atom. The van der Waals surface area contributed by atoms with Crippen molar-refractivity contribution in [1.82, 2.24) is 4.98 Å². The van der Waals surface area contributed by atoms with Crippen LogP contribution in [-0.2, 0) is 10.3 Å². The highest BCUT2D eigenvalue weighted by molar-refractivity contribution is 5.85. The van der Waals surface area contributed by atoms with Gasteiger partial charge in [0.25, 0.3) is 0 Å². The van der Waals surface area contributed by atoms with Crippen LogP contribution < -0.4 is 5.73 Å². The number of hydrogen-bond donors (Lipinski definition) is 1. The van der Waals surface area contributed by atoms with Gasteiger partial charge in [-0.1, -0.05) is 18.2 Å². The fraction of sp³-hybridized carbons (Fsp3) is 0.357. The molecule has 3 nitrogen and oxygen atoms in total. The second kappa shape index (κ2) is 4.82. The van der Waals surface area contributed by atoms with Crippen molar-refractivity contribution >= 4 is 10.8 Å². The lowest BCUT2D eigenvalue weighted by Crippen LogP contribution is -2.38. The molecule has 2 rings (SSSR count). The van der Waals surface area contributed by atoms with Crippen molar-refractivity contribution in [3.05, 3.63) is 42.2 Å². The van der Waals surface area contributed by atoms with Gasteiger partial charge in [0.05, 0.1) is 12.1 Å². The second-order valence-corrected chi connectivity index (χ2v) is 4.46. The van der Waals surface area contributed by atoms with Crippen LogP contribution in [0.3, 0.4) is 0 Å². The number of nitrogens with zero attached hydrogens (tertiary/aromatic N) is 1. The number of hydrogen-bond acceptors (Lipinski definition) is 3. The Balaban J connectivity index is 2.47. The molecule has 2 aromatic rings. The Morgan fingerprint density at radius 3 is 2.94 bits per heavy atom. The Labute approximate surface area is 102 Å². The van der Waals surface area contributed by atoms with Gasteiger partial charge in [-0.15, -0.1) is 0 Å². The van der Waals surface area contributed by atoms with Crippen LogP contribution in [0.4, 0.5) is 0 Å². The van der Waals surface area contributed by atoms with Crippen molar-refractivity contribution in [3.63, 3.8) is 0 Å². The van der Waals surface area contributed by atoms with Crippen LogP contribution in [0.25, 0.3) is 10.8 Å².